The summed E-state index contributed by atoms with van der Waals surface area (Å²) in [5.41, 5.74) is 1.91. The van der Waals surface area contributed by atoms with Gasteiger partial charge in [-0.3, -0.25) is 4.79 Å². The number of amides is 1. The first kappa shape index (κ1) is 13.3. The zero-order valence-electron chi connectivity index (χ0n) is 11.6. The Bertz CT molecular complexity index is 528. The quantitative estimate of drug-likeness (QED) is 0.829. The molecule has 106 valence electrons. The lowest BCUT2D eigenvalue weighted by molar-refractivity contribution is 0.0525. The first-order valence-corrected chi connectivity index (χ1v) is 7.39. The van der Waals surface area contributed by atoms with Crippen LogP contribution in [0.15, 0.2) is 12.4 Å². The maximum Gasteiger partial charge on any atom is 0.253 e. The SMILES string of the molecule is O=C(NCC#CC1CCCCO1)c1c[nH]cc1C1CC1. The predicted octanol–water partition coefficient (Wildman–Crippen LogP) is 2.19. The second-order valence-corrected chi connectivity index (χ2v) is 5.46. The standard InChI is InChI=1S/C16H20N2O2/c19-16(15-11-17-10-14(15)12-6-7-12)18-8-3-5-13-4-1-2-9-20-13/h10-13,17H,1-2,4,6-9H2,(H,18,19). The summed E-state index contributed by atoms with van der Waals surface area (Å²) in [4.78, 5) is 15.1. The van der Waals surface area contributed by atoms with E-state index in [1.807, 2.05) is 6.20 Å². The first-order valence-electron chi connectivity index (χ1n) is 7.39. The lowest BCUT2D eigenvalue weighted by Gasteiger charge is -2.17. The van der Waals surface area contributed by atoms with E-state index in [1.165, 1.54) is 19.3 Å². The summed E-state index contributed by atoms with van der Waals surface area (Å²) in [7, 11) is 0. The van der Waals surface area contributed by atoms with Crippen molar-refractivity contribution >= 4 is 5.91 Å². The van der Waals surface area contributed by atoms with Crippen LogP contribution in [0.2, 0.25) is 0 Å². The van der Waals surface area contributed by atoms with E-state index in [2.05, 4.69) is 22.1 Å². The number of rotatable bonds is 3. The summed E-state index contributed by atoms with van der Waals surface area (Å²) in [6, 6.07) is 0. The van der Waals surface area contributed by atoms with Crippen LogP contribution in [0.25, 0.3) is 0 Å². The molecule has 4 heteroatoms. The Morgan fingerprint density at radius 3 is 3.00 bits per heavy atom. The monoisotopic (exact) mass is 272 g/mol. The number of nitrogens with one attached hydrogen (secondary N) is 2. The lowest BCUT2D eigenvalue weighted by atomic mass is 10.1. The molecule has 1 saturated heterocycles. The molecule has 2 N–H and O–H groups in total. The number of H-pyrrole nitrogens is 1. The Morgan fingerprint density at radius 1 is 1.35 bits per heavy atom. The average molecular weight is 272 g/mol. The van der Waals surface area contributed by atoms with Gasteiger partial charge in [0.1, 0.15) is 6.10 Å². The topological polar surface area (TPSA) is 54.1 Å². The number of aromatic amines is 1. The van der Waals surface area contributed by atoms with Crippen molar-refractivity contribution in [1.82, 2.24) is 10.3 Å². The third-order valence-electron chi connectivity index (χ3n) is 3.82. The summed E-state index contributed by atoms with van der Waals surface area (Å²) < 4.78 is 5.52. The summed E-state index contributed by atoms with van der Waals surface area (Å²) in [6.45, 7) is 1.19. The molecule has 2 fully saturated rings. The van der Waals surface area contributed by atoms with Gasteiger partial charge in [-0.05, 0) is 43.6 Å². The van der Waals surface area contributed by atoms with E-state index >= 15 is 0 Å². The van der Waals surface area contributed by atoms with Gasteiger partial charge >= 0.3 is 0 Å². The molecule has 1 amide bonds. The van der Waals surface area contributed by atoms with Gasteiger partial charge in [0.15, 0.2) is 0 Å². The molecule has 3 rings (SSSR count). The largest absolute Gasteiger partial charge is 0.367 e. The fourth-order valence-electron chi connectivity index (χ4n) is 2.54. The molecular weight excluding hydrogens is 252 g/mol. The molecule has 0 aromatic carbocycles. The van der Waals surface area contributed by atoms with Crippen LogP contribution in [-0.2, 0) is 4.74 Å². The number of hydrogen-bond acceptors (Lipinski definition) is 2. The molecule has 2 heterocycles. The van der Waals surface area contributed by atoms with E-state index in [1.54, 1.807) is 6.20 Å². The minimum atomic E-state index is -0.0352. The maximum absolute atomic E-state index is 12.1. The van der Waals surface area contributed by atoms with Gasteiger partial charge in [0.2, 0.25) is 0 Å². The second-order valence-electron chi connectivity index (χ2n) is 5.46. The van der Waals surface area contributed by atoms with Crippen molar-refractivity contribution < 1.29 is 9.53 Å². The molecule has 1 aromatic rings. The number of hydrogen-bond donors (Lipinski definition) is 2. The number of aromatic nitrogens is 1. The Balaban J connectivity index is 1.49. The van der Waals surface area contributed by atoms with Crippen molar-refractivity contribution in [1.29, 1.82) is 0 Å². The van der Waals surface area contributed by atoms with Crippen molar-refractivity contribution in [2.75, 3.05) is 13.2 Å². The van der Waals surface area contributed by atoms with Crippen molar-refractivity contribution in [2.24, 2.45) is 0 Å². The highest BCUT2D eigenvalue weighted by Crippen LogP contribution is 2.41. The van der Waals surface area contributed by atoms with Crippen LogP contribution in [-0.4, -0.2) is 30.1 Å². The smallest absolute Gasteiger partial charge is 0.253 e. The minimum absolute atomic E-state index is 0.0352. The van der Waals surface area contributed by atoms with E-state index in [9.17, 15) is 4.79 Å². The Kier molecular flexibility index (Phi) is 4.08. The van der Waals surface area contributed by atoms with Crippen LogP contribution < -0.4 is 5.32 Å². The summed E-state index contributed by atoms with van der Waals surface area (Å²) in [5.74, 6) is 6.61. The Labute approximate surface area is 119 Å². The summed E-state index contributed by atoms with van der Waals surface area (Å²) in [5, 5.41) is 2.86. The van der Waals surface area contributed by atoms with Gasteiger partial charge in [-0.15, -0.1) is 0 Å². The summed E-state index contributed by atoms with van der Waals surface area (Å²) >= 11 is 0. The molecule has 1 saturated carbocycles. The van der Waals surface area contributed by atoms with Crippen LogP contribution >= 0.6 is 0 Å². The van der Waals surface area contributed by atoms with E-state index in [0.29, 0.717) is 12.5 Å². The second kappa shape index (κ2) is 6.15. The van der Waals surface area contributed by atoms with Gasteiger partial charge in [-0.1, -0.05) is 11.8 Å². The van der Waals surface area contributed by atoms with Crippen molar-refractivity contribution in [3.63, 3.8) is 0 Å². The van der Waals surface area contributed by atoms with Crippen LogP contribution in [0.1, 0.15) is 53.9 Å². The van der Waals surface area contributed by atoms with E-state index in [0.717, 1.165) is 30.6 Å². The maximum atomic E-state index is 12.1. The highest BCUT2D eigenvalue weighted by atomic mass is 16.5. The fourth-order valence-corrected chi connectivity index (χ4v) is 2.54. The zero-order valence-corrected chi connectivity index (χ0v) is 11.6. The van der Waals surface area contributed by atoms with Gasteiger partial charge in [0.05, 0.1) is 12.1 Å². The molecule has 0 radical (unpaired) electrons. The molecule has 0 bridgehead atoms. The highest BCUT2D eigenvalue weighted by Gasteiger charge is 2.28. The fraction of sp³-hybridized carbons (Fsp3) is 0.562. The van der Waals surface area contributed by atoms with Gasteiger partial charge in [0.25, 0.3) is 5.91 Å². The van der Waals surface area contributed by atoms with Crippen LogP contribution in [0, 0.1) is 11.8 Å². The Morgan fingerprint density at radius 2 is 2.25 bits per heavy atom. The number of carbonyl (C=O) groups excluding carboxylic acids is 1. The average Bonchev–Trinajstić information content (AvgIpc) is 3.21. The molecule has 1 unspecified atom stereocenters. The molecule has 1 atom stereocenters. The zero-order chi connectivity index (χ0) is 13.8. The first-order chi connectivity index (χ1) is 9.84. The van der Waals surface area contributed by atoms with Crippen molar-refractivity contribution in [3.05, 3.63) is 23.5 Å². The third-order valence-corrected chi connectivity index (χ3v) is 3.82. The molecule has 0 spiro atoms. The molecule has 1 aliphatic heterocycles. The summed E-state index contributed by atoms with van der Waals surface area (Å²) in [6.07, 6.45) is 9.47. The molecule has 20 heavy (non-hydrogen) atoms. The van der Waals surface area contributed by atoms with Crippen LogP contribution in [0.5, 0.6) is 0 Å². The number of ether oxygens (including phenoxy) is 1. The molecule has 1 aliphatic carbocycles. The molecular formula is C16H20N2O2. The van der Waals surface area contributed by atoms with Crippen molar-refractivity contribution in [2.45, 2.75) is 44.1 Å². The normalized spacial score (nSPS) is 21.9. The molecule has 1 aromatic heterocycles. The van der Waals surface area contributed by atoms with E-state index in [4.69, 9.17) is 4.74 Å². The van der Waals surface area contributed by atoms with Gasteiger partial charge in [-0.2, -0.15) is 0 Å². The van der Waals surface area contributed by atoms with Crippen LogP contribution in [0.3, 0.4) is 0 Å². The van der Waals surface area contributed by atoms with E-state index < -0.39 is 0 Å². The highest BCUT2D eigenvalue weighted by molar-refractivity contribution is 5.96. The van der Waals surface area contributed by atoms with Gasteiger partial charge in [0, 0.05) is 19.0 Å². The molecule has 4 nitrogen and oxygen atoms in total. The predicted molar refractivity (Wildman–Crippen MR) is 76.5 cm³/mol. The van der Waals surface area contributed by atoms with Crippen molar-refractivity contribution in [3.8, 4) is 11.8 Å². The van der Waals surface area contributed by atoms with Gasteiger partial charge < -0.3 is 15.0 Å². The Hall–Kier alpha value is -1.73. The molecule has 2 aliphatic rings. The van der Waals surface area contributed by atoms with Crippen LogP contribution in [0.4, 0.5) is 0 Å². The minimum Gasteiger partial charge on any atom is -0.367 e. The van der Waals surface area contributed by atoms with Gasteiger partial charge in [-0.25, -0.2) is 0 Å². The lowest BCUT2D eigenvalue weighted by Crippen LogP contribution is -2.24. The van der Waals surface area contributed by atoms with E-state index in [-0.39, 0.29) is 12.0 Å². The third kappa shape index (κ3) is 3.23. The number of carbonyl (C=O) groups is 1.